The van der Waals surface area contributed by atoms with Crippen molar-refractivity contribution in [3.63, 3.8) is 0 Å². The van der Waals surface area contributed by atoms with Crippen molar-refractivity contribution < 1.29 is 0 Å². The van der Waals surface area contributed by atoms with Gasteiger partial charge < -0.3 is 10.6 Å². The molecule has 2 fully saturated rings. The van der Waals surface area contributed by atoms with Crippen molar-refractivity contribution in [2.75, 3.05) is 0 Å². The second kappa shape index (κ2) is 7.21. The summed E-state index contributed by atoms with van der Waals surface area (Å²) in [5.41, 5.74) is 0.533. The molecule has 0 aromatic rings. The first-order chi connectivity index (χ1) is 10.1. The van der Waals surface area contributed by atoms with Gasteiger partial charge in [-0.1, -0.05) is 26.2 Å². The lowest BCUT2D eigenvalue weighted by atomic mass is 9.74. The van der Waals surface area contributed by atoms with E-state index in [1.807, 2.05) is 0 Å². The van der Waals surface area contributed by atoms with Gasteiger partial charge in [0.15, 0.2) is 0 Å². The van der Waals surface area contributed by atoms with Gasteiger partial charge in [-0.3, -0.25) is 0 Å². The molecule has 0 amide bonds. The average Bonchev–Trinajstić information content (AvgIpc) is 2.83. The van der Waals surface area contributed by atoms with Gasteiger partial charge in [0.25, 0.3) is 0 Å². The van der Waals surface area contributed by atoms with Crippen LogP contribution in [0.3, 0.4) is 0 Å². The molecule has 0 saturated heterocycles. The monoisotopic (exact) mass is 308 g/mol. The maximum atomic E-state index is 3.96. The molecule has 2 aliphatic rings. The van der Waals surface area contributed by atoms with Crippen molar-refractivity contribution in [3.8, 4) is 0 Å². The van der Waals surface area contributed by atoms with Crippen LogP contribution >= 0.6 is 0 Å². The molecule has 22 heavy (non-hydrogen) atoms. The molecule has 2 saturated carbocycles. The summed E-state index contributed by atoms with van der Waals surface area (Å²) in [6.45, 7) is 14.2. The van der Waals surface area contributed by atoms with E-state index in [1.165, 1.54) is 51.4 Å². The summed E-state index contributed by atoms with van der Waals surface area (Å²) in [7, 11) is 0. The van der Waals surface area contributed by atoms with Crippen LogP contribution in [0.1, 0.15) is 92.9 Å². The fraction of sp³-hybridized carbons (Fsp3) is 1.00. The number of hydrogen-bond acceptors (Lipinski definition) is 2. The summed E-state index contributed by atoms with van der Waals surface area (Å²) in [6, 6.07) is 1.47. The molecule has 3 unspecified atom stereocenters. The van der Waals surface area contributed by atoms with Crippen LogP contribution in [-0.4, -0.2) is 23.2 Å². The van der Waals surface area contributed by atoms with Crippen molar-refractivity contribution in [2.45, 2.75) is 116 Å². The van der Waals surface area contributed by atoms with Gasteiger partial charge in [-0.2, -0.15) is 0 Å². The lowest BCUT2D eigenvalue weighted by molar-refractivity contribution is 0.153. The molecule has 0 radical (unpaired) electrons. The molecule has 3 atom stereocenters. The van der Waals surface area contributed by atoms with Gasteiger partial charge >= 0.3 is 0 Å². The number of hydrogen-bond donors (Lipinski definition) is 2. The van der Waals surface area contributed by atoms with Crippen molar-refractivity contribution in [2.24, 2.45) is 11.8 Å². The molecule has 2 aliphatic carbocycles. The predicted molar refractivity (Wildman–Crippen MR) is 97.3 cm³/mol. The molecule has 130 valence electrons. The topological polar surface area (TPSA) is 24.1 Å². The van der Waals surface area contributed by atoms with Crippen LogP contribution in [0, 0.1) is 11.8 Å². The summed E-state index contributed by atoms with van der Waals surface area (Å²) in [4.78, 5) is 0. The lowest BCUT2D eigenvalue weighted by Gasteiger charge is -2.42. The van der Waals surface area contributed by atoms with Crippen LogP contribution in [0.4, 0.5) is 0 Å². The second-order valence-electron chi connectivity index (χ2n) is 9.87. The molecule has 0 aromatic heterocycles. The third-order valence-corrected chi connectivity index (χ3v) is 5.67. The van der Waals surface area contributed by atoms with E-state index in [2.05, 4.69) is 52.2 Å². The summed E-state index contributed by atoms with van der Waals surface area (Å²) < 4.78 is 0. The van der Waals surface area contributed by atoms with Crippen LogP contribution in [0.5, 0.6) is 0 Å². The Morgan fingerprint density at radius 3 is 2.09 bits per heavy atom. The lowest BCUT2D eigenvalue weighted by Crippen LogP contribution is -2.51. The fourth-order valence-electron chi connectivity index (χ4n) is 4.76. The highest BCUT2D eigenvalue weighted by atomic mass is 15.0. The van der Waals surface area contributed by atoms with Gasteiger partial charge in [-0.15, -0.1) is 0 Å². The highest BCUT2D eigenvalue weighted by Gasteiger charge is 2.34. The van der Waals surface area contributed by atoms with Gasteiger partial charge in [-0.05, 0) is 78.6 Å². The molecule has 2 N–H and O–H groups in total. The third-order valence-electron chi connectivity index (χ3n) is 5.67. The third kappa shape index (κ3) is 5.85. The van der Waals surface area contributed by atoms with E-state index in [9.17, 15) is 0 Å². The summed E-state index contributed by atoms with van der Waals surface area (Å²) >= 11 is 0. The number of rotatable bonds is 5. The molecule has 0 heterocycles. The largest absolute Gasteiger partial charge is 0.309 e. The van der Waals surface area contributed by atoms with Gasteiger partial charge in [-0.25, -0.2) is 0 Å². The van der Waals surface area contributed by atoms with Crippen LogP contribution < -0.4 is 10.6 Å². The van der Waals surface area contributed by atoms with Crippen LogP contribution in [0.25, 0.3) is 0 Å². The Morgan fingerprint density at radius 2 is 1.50 bits per heavy atom. The molecule has 2 heteroatoms. The molecule has 2 rings (SSSR count). The zero-order valence-electron chi connectivity index (χ0n) is 16.0. The Morgan fingerprint density at radius 1 is 0.864 bits per heavy atom. The van der Waals surface area contributed by atoms with Crippen LogP contribution in [0.15, 0.2) is 0 Å². The van der Waals surface area contributed by atoms with E-state index in [0.717, 1.165) is 17.9 Å². The first kappa shape index (κ1) is 18.3. The first-order valence-corrected chi connectivity index (χ1v) is 9.70. The minimum Gasteiger partial charge on any atom is -0.309 e. The van der Waals surface area contributed by atoms with Crippen molar-refractivity contribution in [1.82, 2.24) is 10.6 Å². The van der Waals surface area contributed by atoms with Crippen LogP contribution in [-0.2, 0) is 0 Å². The molecule has 0 bridgehead atoms. The van der Waals surface area contributed by atoms with E-state index in [-0.39, 0.29) is 5.54 Å². The number of nitrogens with one attached hydrogen (secondary N) is 2. The van der Waals surface area contributed by atoms with E-state index in [1.54, 1.807) is 0 Å². The van der Waals surface area contributed by atoms with Gasteiger partial charge in [0.2, 0.25) is 0 Å². The average molecular weight is 309 g/mol. The minimum atomic E-state index is 0.235. The van der Waals surface area contributed by atoms with Gasteiger partial charge in [0.05, 0.1) is 0 Å². The highest BCUT2D eigenvalue weighted by molar-refractivity contribution is 4.92. The molecular formula is C20H40N2. The Hall–Kier alpha value is -0.0800. The maximum Gasteiger partial charge on any atom is 0.0130 e. The van der Waals surface area contributed by atoms with E-state index < -0.39 is 0 Å². The SMILES string of the molecule is CC1CCC(CC(C)(C)NC2CCCC2)CC1NC(C)(C)C. The quantitative estimate of drug-likeness (QED) is 0.756. The molecule has 0 spiro atoms. The standard InChI is InChI=1S/C20H40N2/c1-15-11-12-16(13-18(15)22-19(2,3)4)14-20(5,6)21-17-9-7-8-10-17/h15-18,21-22H,7-14H2,1-6H3. The van der Waals surface area contributed by atoms with Crippen molar-refractivity contribution in [3.05, 3.63) is 0 Å². The van der Waals surface area contributed by atoms with Crippen molar-refractivity contribution >= 4 is 0 Å². The first-order valence-electron chi connectivity index (χ1n) is 9.70. The molecule has 0 aromatic carbocycles. The molecular weight excluding hydrogens is 268 g/mol. The highest BCUT2D eigenvalue weighted by Crippen LogP contribution is 2.35. The Labute approximate surface area is 139 Å². The summed E-state index contributed by atoms with van der Waals surface area (Å²) in [5, 5.41) is 7.83. The summed E-state index contributed by atoms with van der Waals surface area (Å²) in [6.07, 6.45) is 11.1. The predicted octanol–water partition coefficient (Wildman–Crippen LogP) is 4.88. The fourth-order valence-corrected chi connectivity index (χ4v) is 4.76. The summed E-state index contributed by atoms with van der Waals surface area (Å²) in [5.74, 6) is 1.70. The van der Waals surface area contributed by atoms with E-state index in [0.29, 0.717) is 11.6 Å². The zero-order valence-corrected chi connectivity index (χ0v) is 16.0. The maximum absolute atomic E-state index is 3.96. The minimum absolute atomic E-state index is 0.235. The zero-order chi connectivity index (χ0) is 16.4. The Bertz CT molecular complexity index is 336. The Kier molecular flexibility index (Phi) is 5.99. The second-order valence-corrected chi connectivity index (χ2v) is 9.87. The normalized spacial score (nSPS) is 31.6. The van der Waals surface area contributed by atoms with Crippen LogP contribution in [0.2, 0.25) is 0 Å². The van der Waals surface area contributed by atoms with Gasteiger partial charge in [0.1, 0.15) is 0 Å². The smallest absolute Gasteiger partial charge is 0.0130 e. The van der Waals surface area contributed by atoms with E-state index >= 15 is 0 Å². The van der Waals surface area contributed by atoms with Crippen molar-refractivity contribution in [1.29, 1.82) is 0 Å². The Balaban J connectivity index is 1.86. The van der Waals surface area contributed by atoms with E-state index in [4.69, 9.17) is 0 Å². The van der Waals surface area contributed by atoms with Gasteiger partial charge in [0, 0.05) is 23.2 Å². The molecule has 2 nitrogen and oxygen atoms in total. The molecule has 0 aliphatic heterocycles.